The molecule has 1 N–H and O–H groups in total. The van der Waals surface area contributed by atoms with Crippen molar-refractivity contribution < 1.29 is 0 Å². The van der Waals surface area contributed by atoms with Gasteiger partial charge in [-0.3, -0.25) is 0 Å². The molecule has 0 aliphatic heterocycles. The van der Waals surface area contributed by atoms with Gasteiger partial charge in [0.15, 0.2) is 5.82 Å². The third kappa shape index (κ3) is 1.57. The van der Waals surface area contributed by atoms with E-state index in [1.165, 1.54) is 28.7 Å². The minimum Gasteiger partial charge on any atom is -0.372 e. The van der Waals surface area contributed by atoms with E-state index in [1.54, 1.807) is 6.33 Å². The van der Waals surface area contributed by atoms with Crippen LogP contribution >= 0.6 is 11.3 Å². The van der Waals surface area contributed by atoms with E-state index in [-0.39, 0.29) is 0 Å². The van der Waals surface area contributed by atoms with Crippen molar-refractivity contribution in [3.63, 3.8) is 0 Å². The highest BCUT2D eigenvalue weighted by molar-refractivity contribution is 7.19. The zero-order chi connectivity index (χ0) is 13.7. The van der Waals surface area contributed by atoms with Crippen molar-refractivity contribution in [1.29, 1.82) is 0 Å². The summed E-state index contributed by atoms with van der Waals surface area (Å²) in [4.78, 5) is 16.2. The number of imidazole rings is 1. The standard InChI is InChI=1S/C14H15N5S/c1-15-13-11-8-4-3-5-10(8)20-14(11)18-12(17-13)9-6-16-7-19(9)2/h6-7H,3-5H2,1-2H3,(H,15,17,18). The van der Waals surface area contributed by atoms with E-state index in [0.29, 0.717) is 0 Å². The molecule has 0 radical (unpaired) electrons. The zero-order valence-corrected chi connectivity index (χ0v) is 12.3. The van der Waals surface area contributed by atoms with Gasteiger partial charge in [0.1, 0.15) is 16.3 Å². The van der Waals surface area contributed by atoms with E-state index in [9.17, 15) is 0 Å². The molecule has 0 fully saturated rings. The largest absolute Gasteiger partial charge is 0.372 e. The normalized spacial score (nSPS) is 13.9. The van der Waals surface area contributed by atoms with Gasteiger partial charge in [0.2, 0.25) is 0 Å². The number of aromatic nitrogens is 4. The quantitative estimate of drug-likeness (QED) is 0.786. The van der Waals surface area contributed by atoms with Gasteiger partial charge < -0.3 is 9.88 Å². The van der Waals surface area contributed by atoms with Crippen LogP contribution in [0, 0.1) is 0 Å². The summed E-state index contributed by atoms with van der Waals surface area (Å²) >= 11 is 1.81. The van der Waals surface area contributed by atoms with E-state index >= 15 is 0 Å². The van der Waals surface area contributed by atoms with Gasteiger partial charge in [-0.25, -0.2) is 15.0 Å². The SMILES string of the molecule is CNc1nc(-c2cncn2C)nc2sc3c(c12)CCC3. The summed E-state index contributed by atoms with van der Waals surface area (Å²) in [5.74, 6) is 1.67. The fourth-order valence-electron chi connectivity index (χ4n) is 2.86. The second-order valence-corrected chi connectivity index (χ2v) is 6.16. The molecule has 20 heavy (non-hydrogen) atoms. The zero-order valence-electron chi connectivity index (χ0n) is 11.5. The van der Waals surface area contributed by atoms with Crippen LogP contribution in [-0.2, 0) is 19.9 Å². The van der Waals surface area contributed by atoms with Crippen molar-refractivity contribution in [1.82, 2.24) is 19.5 Å². The Bertz CT molecular complexity index is 801. The number of nitrogens with zero attached hydrogens (tertiary/aromatic N) is 4. The summed E-state index contributed by atoms with van der Waals surface area (Å²) in [5, 5.41) is 4.45. The number of anilines is 1. The van der Waals surface area contributed by atoms with E-state index in [2.05, 4.69) is 10.3 Å². The molecule has 3 heterocycles. The molecule has 0 bridgehead atoms. The number of hydrogen-bond acceptors (Lipinski definition) is 5. The van der Waals surface area contributed by atoms with Crippen LogP contribution in [0.1, 0.15) is 16.9 Å². The summed E-state index contributed by atoms with van der Waals surface area (Å²) < 4.78 is 1.95. The maximum absolute atomic E-state index is 4.76. The van der Waals surface area contributed by atoms with E-state index in [4.69, 9.17) is 9.97 Å². The molecule has 0 amide bonds. The molecule has 0 aromatic carbocycles. The lowest BCUT2D eigenvalue weighted by Gasteiger charge is -2.07. The van der Waals surface area contributed by atoms with Crippen LogP contribution in [0.4, 0.5) is 5.82 Å². The summed E-state index contributed by atoms with van der Waals surface area (Å²) in [6, 6.07) is 0. The Morgan fingerprint density at radius 3 is 2.95 bits per heavy atom. The lowest BCUT2D eigenvalue weighted by molar-refractivity contribution is 0.909. The van der Waals surface area contributed by atoms with Crippen molar-refractivity contribution in [2.24, 2.45) is 7.05 Å². The molecule has 1 aliphatic carbocycles. The first-order valence-corrected chi connectivity index (χ1v) is 7.56. The molecular formula is C14H15N5S. The van der Waals surface area contributed by atoms with Crippen LogP contribution in [0.3, 0.4) is 0 Å². The molecule has 102 valence electrons. The van der Waals surface area contributed by atoms with Crippen molar-refractivity contribution >= 4 is 27.4 Å². The number of rotatable bonds is 2. The fraction of sp³-hybridized carbons (Fsp3) is 0.357. The Hall–Kier alpha value is -1.95. The lowest BCUT2D eigenvalue weighted by atomic mass is 10.2. The second kappa shape index (κ2) is 4.28. The van der Waals surface area contributed by atoms with E-state index in [0.717, 1.165) is 28.6 Å². The monoisotopic (exact) mass is 285 g/mol. The van der Waals surface area contributed by atoms with Crippen molar-refractivity contribution in [2.45, 2.75) is 19.3 Å². The van der Waals surface area contributed by atoms with Gasteiger partial charge in [0, 0.05) is 19.0 Å². The predicted octanol–water partition coefficient (Wildman–Crippen LogP) is 2.62. The summed E-state index contributed by atoms with van der Waals surface area (Å²) in [5.41, 5.74) is 2.39. The van der Waals surface area contributed by atoms with Crippen LogP contribution < -0.4 is 5.32 Å². The lowest BCUT2D eigenvalue weighted by Crippen LogP contribution is -2.00. The number of thiophene rings is 1. The highest BCUT2D eigenvalue weighted by Gasteiger charge is 2.22. The average Bonchev–Trinajstić information content (AvgIpc) is 3.12. The Kier molecular flexibility index (Phi) is 2.53. The van der Waals surface area contributed by atoms with Gasteiger partial charge in [-0.1, -0.05) is 0 Å². The first-order chi connectivity index (χ1) is 9.78. The van der Waals surface area contributed by atoms with E-state index in [1.807, 2.05) is 36.2 Å². The molecule has 0 atom stereocenters. The van der Waals surface area contributed by atoms with Gasteiger partial charge in [0.25, 0.3) is 0 Å². The molecular weight excluding hydrogens is 270 g/mol. The molecule has 3 aromatic heterocycles. The maximum Gasteiger partial charge on any atom is 0.181 e. The molecule has 3 aromatic rings. The van der Waals surface area contributed by atoms with Crippen LogP contribution in [0.5, 0.6) is 0 Å². The molecule has 0 saturated carbocycles. The van der Waals surface area contributed by atoms with Gasteiger partial charge >= 0.3 is 0 Å². The van der Waals surface area contributed by atoms with Crippen molar-refractivity contribution in [3.05, 3.63) is 23.0 Å². The highest BCUT2D eigenvalue weighted by Crippen LogP contribution is 2.40. The third-order valence-electron chi connectivity index (χ3n) is 3.85. The summed E-state index contributed by atoms with van der Waals surface area (Å²) in [6.45, 7) is 0. The predicted molar refractivity (Wildman–Crippen MR) is 81.2 cm³/mol. The smallest absolute Gasteiger partial charge is 0.181 e. The van der Waals surface area contributed by atoms with Gasteiger partial charge in [0.05, 0.1) is 17.9 Å². The molecule has 6 heteroatoms. The Morgan fingerprint density at radius 1 is 1.30 bits per heavy atom. The Labute approximate surface area is 120 Å². The van der Waals surface area contributed by atoms with Crippen LogP contribution in [-0.4, -0.2) is 26.6 Å². The van der Waals surface area contributed by atoms with Crippen molar-refractivity contribution in [2.75, 3.05) is 12.4 Å². The Morgan fingerprint density at radius 2 is 2.20 bits per heavy atom. The van der Waals surface area contributed by atoms with Gasteiger partial charge in [-0.05, 0) is 24.8 Å². The fourth-order valence-corrected chi connectivity index (χ4v) is 4.13. The summed E-state index contributed by atoms with van der Waals surface area (Å²) in [6.07, 6.45) is 7.17. The number of hydrogen-bond donors (Lipinski definition) is 1. The molecule has 0 spiro atoms. The second-order valence-electron chi connectivity index (χ2n) is 5.07. The minimum absolute atomic E-state index is 0.738. The molecule has 5 nitrogen and oxygen atoms in total. The average molecular weight is 285 g/mol. The van der Waals surface area contributed by atoms with Gasteiger partial charge in [-0.2, -0.15) is 0 Å². The number of fused-ring (bicyclic) bond motifs is 3. The highest BCUT2D eigenvalue weighted by atomic mass is 32.1. The van der Waals surface area contributed by atoms with Gasteiger partial charge in [-0.15, -0.1) is 11.3 Å². The van der Waals surface area contributed by atoms with Crippen LogP contribution in [0.15, 0.2) is 12.5 Å². The third-order valence-corrected chi connectivity index (χ3v) is 5.03. The van der Waals surface area contributed by atoms with Crippen LogP contribution in [0.2, 0.25) is 0 Å². The molecule has 0 saturated heterocycles. The molecule has 1 aliphatic rings. The van der Waals surface area contributed by atoms with E-state index < -0.39 is 0 Å². The Balaban J connectivity index is 2.00. The van der Waals surface area contributed by atoms with Crippen LogP contribution in [0.25, 0.3) is 21.7 Å². The van der Waals surface area contributed by atoms with Crippen molar-refractivity contribution in [3.8, 4) is 11.5 Å². The topological polar surface area (TPSA) is 55.6 Å². The molecule has 4 rings (SSSR count). The first kappa shape index (κ1) is 11.8. The number of aryl methyl sites for hydroxylation is 3. The maximum atomic E-state index is 4.76. The number of nitrogens with one attached hydrogen (secondary N) is 1. The minimum atomic E-state index is 0.738. The summed E-state index contributed by atoms with van der Waals surface area (Å²) in [7, 11) is 3.89. The molecule has 0 unspecified atom stereocenters. The first-order valence-electron chi connectivity index (χ1n) is 6.74.